The van der Waals surface area contributed by atoms with Gasteiger partial charge in [0.05, 0.1) is 14.5 Å². The molecule has 2 rings (SSSR count). The molecule has 20 heavy (non-hydrogen) atoms. The van der Waals surface area contributed by atoms with E-state index in [9.17, 15) is 8.78 Å². The van der Waals surface area contributed by atoms with Gasteiger partial charge in [0.2, 0.25) is 0 Å². The van der Waals surface area contributed by atoms with E-state index in [0.29, 0.717) is 16.1 Å². The third kappa shape index (κ3) is 3.51. The average molecular weight is 426 g/mol. The van der Waals surface area contributed by atoms with E-state index in [2.05, 4.69) is 31.9 Å². The molecule has 0 saturated carbocycles. The van der Waals surface area contributed by atoms with Crippen molar-refractivity contribution in [3.63, 3.8) is 0 Å². The molecule has 2 aromatic carbocycles. The van der Waals surface area contributed by atoms with Gasteiger partial charge in [-0.25, -0.2) is 8.78 Å². The summed E-state index contributed by atoms with van der Waals surface area (Å²) >= 11 is 12.1. The molecule has 0 amide bonds. The van der Waals surface area contributed by atoms with Crippen LogP contribution in [0.4, 0.5) is 8.78 Å². The number of ether oxygens (including phenoxy) is 1. The summed E-state index contributed by atoms with van der Waals surface area (Å²) in [6.45, 7) is -0.198. The summed E-state index contributed by atoms with van der Waals surface area (Å²) in [6.07, 6.45) is 0. The van der Waals surface area contributed by atoms with Crippen LogP contribution >= 0.6 is 43.5 Å². The first-order chi connectivity index (χ1) is 9.52. The van der Waals surface area contributed by atoms with Crippen molar-refractivity contribution in [3.8, 4) is 5.75 Å². The normalized spacial score (nSPS) is 10.7. The predicted octanol–water partition coefficient (Wildman–Crippen LogP) is 5.81. The Morgan fingerprint density at radius 3 is 2.45 bits per heavy atom. The first-order valence-corrected chi connectivity index (χ1v) is 7.74. The lowest BCUT2D eigenvalue weighted by Crippen LogP contribution is -2.03. The van der Waals surface area contributed by atoms with Gasteiger partial charge in [0.15, 0.2) is 0 Å². The van der Waals surface area contributed by atoms with E-state index < -0.39 is 11.6 Å². The molecule has 0 radical (unpaired) electrons. The molecule has 2 aromatic rings. The molecule has 0 aliphatic rings. The molecular formula is C14H9Br2ClF2O. The zero-order valence-corrected chi connectivity index (χ0v) is 14.0. The smallest absolute Gasteiger partial charge is 0.146 e. The van der Waals surface area contributed by atoms with Crippen molar-refractivity contribution in [1.29, 1.82) is 0 Å². The van der Waals surface area contributed by atoms with Crippen molar-refractivity contribution < 1.29 is 13.5 Å². The lowest BCUT2D eigenvalue weighted by molar-refractivity contribution is 0.290. The van der Waals surface area contributed by atoms with Crippen LogP contribution in [0.3, 0.4) is 0 Å². The van der Waals surface area contributed by atoms with Crippen molar-refractivity contribution in [3.05, 3.63) is 62.0 Å². The maximum Gasteiger partial charge on any atom is 0.146 e. The minimum absolute atomic E-state index is 0.118. The van der Waals surface area contributed by atoms with Crippen LogP contribution in [0.15, 0.2) is 39.3 Å². The van der Waals surface area contributed by atoms with Gasteiger partial charge in [-0.1, -0.05) is 6.07 Å². The summed E-state index contributed by atoms with van der Waals surface area (Å²) < 4.78 is 33.7. The van der Waals surface area contributed by atoms with Crippen LogP contribution in [-0.2, 0) is 12.5 Å². The maximum absolute atomic E-state index is 13.8. The van der Waals surface area contributed by atoms with Gasteiger partial charge in [-0.05, 0) is 61.7 Å². The van der Waals surface area contributed by atoms with E-state index in [1.54, 1.807) is 18.2 Å². The molecule has 0 aromatic heterocycles. The number of hydrogen-bond acceptors (Lipinski definition) is 1. The number of rotatable bonds is 4. The molecule has 0 saturated heterocycles. The summed E-state index contributed by atoms with van der Waals surface area (Å²) in [7, 11) is 0. The largest absolute Gasteiger partial charge is 0.488 e. The fraction of sp³-hybridized carbons (Fsp3) is 0.143. The van der Waals surface area contributed by atoms with E-state index in [1.807, 2.05) is 0 Å². The second-order valence-corrected chi connectivity index (χ2v) is 5.98. The van der Waals surface area contributed by atoms with Gasteiger partial charge in [-0.3, -0.25) is 0 Å². The Labute approximate surface area is 137 Å². The van der Waals surface area contributed by atoms with Crippen molar-refractivity contribution in [1.82, 2.24) is 0 Å². The van der Waals surface area contributed by atoms with Crippen LogP contribution in [0.2, 0.25) is 0 Å². The highest BCUT2D eigenvalue weighted by Crippen LogP contribution is 2.29. The molecule has 0 atom stereocenters. The molecule has 0 aliphatic heterocycles. The van der Waals surface area contributed by atoms with Crippen molar-refractivity contribution in [2.45, 2.75) is 12.5 Å². The zero-order valence-electron chi connectivity index (χ0n) is 10.1. The van der Waals surface area contributed by atoms with Gasteiger partial charge in [0.25, 0.3) is 0 Å². The van der Waals surface area contributed by atoms with E-state index in [-0.39, 0.29) is 16.6 Å². The van der Waals surface area contributed by atoms with Crippen LogP contribution < -0.4 is 4.74 Å². The molecule has 0 aliphatic carbocycles. The van der Waals surface area contributed by atoms with Gasteiger partial charge in [-0.2, -0.15) is 0 Å². The van der Waals surface area contributed by atoms with E-state index in [1.165, 1.54) is 12.1 Å². The first kappa shape index (κ1) is 15.7. The predicted molar refractivity (Wildman–Crippen MR) is 82.1 cm³/mol. The summed E-state index contributed by atoms with van der Waals surface area (Å²) in [5.74, 6) is -0.413. The first-order valence-electron chi connectivity index (χ1n) is 5.62. The summed E-state index contributed by atoms with van der Waals surface area (Å²) in [5, 5.41) is 0. The molecule has 0 N–H and O–H groups in total. The van der Waals surface area contributed by atoms with Crippen LogP contribution in [-0.4, -0.2) is 0 Å². The molecular weight excluding hydrogens is 417 g/mol. The molecule has 0 fully saturated rings. The topological polar surface area (TPSA) is 9.23 Å². The van der Waals surface area contributed by atoms with Crippen LogP contribution in [0.5, 0.6) is 5.75 Å². The maximum atomic E-state index is 13.8. The third-order valence-corrected chi connectivity index (χ3v) is 4.20. The monoisotopic (exact) mass is 424 g/mol. The lowest BCUT2D eigenvalue weighted by atomic mass is 10.2. The SMILES string of the molecule is Fc1ccc(Br)c(F)c1COc1ccc(CCl)cc1Br. The number of alkyl halides is 1. The average Bonchev–Trinajstić information content (AvgIpc) is 2.44. The van der Waals surface area contributed by atoms with Crippen LogP contribution in [0, 0.1) is 11.6 Å². The Hall–Kier alpha value is -0.650. The highest BCUT2D eigenvalue weighted by atomic mass is 79.9. The second-order valence-electron chi connectivity index (χ2n) is 4.01. The number of halogens is 5. The zero-order chi connectivity index (χ0) is 14.7. The fourth-order valence-corrected chi connectivity index (χ4v) is 2.67. The highest BCUT2D eigenvalue weighted by molar-refractivity contribution is 9.10. The second kappa shape index (κ2) is 6.87. The number of hydrogen-bond donors (Lipinski definition) is 0. The summed E-state index contributed by atoms with van der Waals surface area (Å²) in [5.41, 5.74) is 0.804. The van der Waals surface area contributed by atoms with Crippen molar-refractivity contribution in [2.75, 3.05) is 0 Å². The molecule has 0 heterocycles. The highest BCUT2D eigenvalue weighted by Gasteiger charge is 2.13. The Kier molecular flexibility index (Phi) is 5.41. The lowest BCUT2D eigenvalue weighted by Gasteiger charge is -2.11. The van der Waals surface area contributed by atoms with E-state index in [0.717, 1.165) is 5.56 Å². The summed E-state index contributed by atoms with van der Waals surface area (Å²) in [4.78, 5) is 0. The Balaban J connectivity index is 2.19. The summed E-state index contributed by atoms with van der Waals surface area (Å²) in [6, 6.07) is 7.81. The van der Waals surface area contributed by atoms with E-state index >= 15 is 0 Å². The molecule has 6 heteroatoms. The van der Waals surface area contributed by atoms with Gasteiger partial charge in [0, 0.05) is 5.88 Å². The molecule has 0 bridgehead atoms. The Bertz CT molecular complexity index is 635. The van der Waals surface area contributed by atoms with Crippen LogP contribution in [0.1, 0.15) is 11.1 Å². The van der Waals surface area contributed by atoms with Gasteiger partial charge < -0.3 is 4.74 Å². The van der Waals surface area contributed by atoms with Crippen molar-refractivity contribution >= 4 is 43.5 Å². The third-order valence-electron chi connectivity index (χ3n) is 2.66. The fourth-order valence-electron chi connectivity index (χ4n) is 1.60. The number of benzene rings is 2. The molecule has 1 nitrogen and oxygen atoms in total. The van der Waals surface area contributed by atoms with Crippen LogP contribution in [0.25, 0.3) is 0 Å². The van der Waals surface area contributed by atoms with Gasteiger partial charge >= 0.3 is 0 Å². The van der Waals surface area contributed by atoms with Crippen molar-refractivity contribution in [2.24, 2.45) is 0 Å². The Morgan fingerprint density at radius 1 is 1.05 bits per heavy atom. The van der Waals surface area contributed by atoms with Gasteiger partial charge in [0.1, 0.15) is 24.0 Å². The molecule has 0 spiro atoms. The minimum atomic E-state index is -0.654. The minimum Gasteiger partial charge on any atom is -0.488 e. The van der Waals surface area contributed by atoms with Gasteiger partial charge in [-0.15, -0.1) is 11.6 Å². The quantitative estimate of drug-likeness (QED) is 0.443. The van der Waals surface area contributed by atoms with E-state index in [4.69, 9.17) is 16.3 Å². The molecule has 106 valence electrons. The molecule has 0 unspecified atom stereocenters. The Morgan fingerprint density at radius 2 is 1.80 bits per heavy atom. The standard InChI is InChI=1S/C14H9Br2ClF2O/c15-10-2-3-12(18)9(14(10)19)7-20-13-4-1-8(6-17)5-11(13)16/h1-5H,6-7H2.